The number of methoxy groups -OCH3 is 1. The van der Waals surface area contributed by atoms with Crippen molar-refractivity contribution < 1.29 is 14.3 Å². The van der Waals surface area contributed by atoms with Crippen LogP contribution >= 0.6 is 0 Å². The van der Waals surface area contributed by atoms with E-state index in [2.05, 4.69) is 10.6 Å². The Hall–Kier alpha value is -1.59. The molecule has 0 atom stereocenters. The molecule has 0 unspecified atom stereocenters. The zero-order valence-electron chi connectivity index (χ0n) is 14.0. The Bertz CT molecular complexity index is 456. The van der Waals surface area contributed by atoms with Gasteiger partial charge in [-0.1, -0.05) is 12.1 Å². The van der Waals surface area contributed by atoms with Gasteiger partial charge in [-0.2, -0.15) is 0 Å². The summed E-state index contributed by atoms with van der Waals surface area (Å²) in [6.45, 7) is 3.87. The topological polar surface area (TPSA) is 59.6 Å². The van der Waals surface area contributed by atoms with Crippen LogP contribution in [0.15, 0.2) is 24.3 Å². The maximum Gasteiger partial charge on any atom is 0.220 e. The summed E-state index contributed by atoms with van der Waals surface area (Å²) in [7, 11) is 1.65. The van der Waals surface area contributed by atoms with Gasteiger partial charge in [-0.3, -0.25) is 4.79 Å². The fraction of sp³-hybridized carbons (Fsp3) is 0.611. The first-order valence-corrected chi connectivity index (χ1v) is 8.46. The molecule has 1 aliphatic heterocycles. The smallest absolute Gasteiger partial charge is 0.220 e. The van der Waals surface area contributed by atoms with E-state index in [1.54, 1.807) is 7.11 Å². The molecule has 0 aliphatic carbocycles. The minimum Gasteiger partial charge on any atom is -0.491 e. The van der Waals surface area contributed by atoms with E-state index in [4.69, 9.17) is 9.47 Å². The van der Waals surface area contributed by atoms with Crippen molar-refractivity contribution in [1.29, 1.82) is 0 Å². The van der Waals surface area contributed by atoms with Crippen LogP contribution in [-0.2, 0) is 16.1 Å². The molecule has 0 aromatic heterocycles. The molecule has 2 rings (SSSR count). The van der Waals surface area contributed by atoms with E-state index in [-0.39, 0.29) is 5.91 Å². The van der Waals surface area contributed by atoms with Crippen LogP contribution in [0.3, 0.4) is 0 Å². The van der Waals surface area contributed by atoms with Crippen LogP contribution in [0.2, 0.25) is 0 Å². The summed E-state index contributed by atoms with van der Waals surface area (Å²) in [6, 6.07) is 7.81. The quantitative estimate of drug-likeness (QED) is 0.684. The van der Waals surface area contributed by atoms with Gasteiger partial charge in [-0.25, -0.2) is 0 Å². The molecule has 5 heteroatoms. The number of nitrogens with one attached hydrogen (secondary N) is 2. The standard InChI is InChI=1S/C18H28N2O3/c1-22-12-13-23-17-5-2-16(3-6-17)14-20-18(21)7-4-15-8-10-19-11-9-15/h2-3,5-6,15,19H,4,7-14H2,1H3,(H,20,21). The van der Waals surface area contributed by atoms with Crippen LogP contribution in [0.1, 0.15) is 31.2 Å². The minimum absolute atomic E-state index is 0.143. The highest BCUT2D eigenvalue weighted by molar-refractivity contribution is 5.75. The average molecular weight is 320 g/mol. The Morgan fingerprint density at radius 1 is 1.22 bits per heavy atom. The summed E-state index contributed by atoms with van der Waals surface area (Å²) in [5.74, 6) is 1.66. The van der Waals surface area contributed by atoms with E-state index in [0.29, 0.717) is 32.1 Å². The number of piperidine rings is 1. The van der Waals surface area contributed by atoms with Crippen LogP contribution in [0, 0.1) is 5.92 Å². The van der Waals surface area contributed by atoms with E-state index in [0.717, 1.165) is 30.8 Å². The van der Waals surface area contributed by atoms with Gasteiger partial charge in [0, 0.05) is 20.1 Å². The van der Waals surface area contributed by atoms with Crippen LogP contribution in [0.5, 0.6) is 5.75 Å². The van der Waals surface area contributed by atoms with Crippen molar-refractivity contribution >= 4 is 5.91 Å². The minimum atomic E-state index is 0.143. The Labute approximate surface area is 138 Å². The lowest BCUT2D eigenvalue weighted by molar-refractivity contribution is -0.121. The number of hydrogen-bond donors (Lipinski definition) is 2. The van der Waals surface area contributed by atoms with E-state index < -0.39 is 0 Å². The SMILES string of the molecule is COCCOc1ccc(CNC(=O)CCC2CCNCC2)cc1. The first-order chi connectivity index (χ1) is 11.3. The zero-order valence-corrected chi connectivity index (χ0v) is 14.0. The van der Waals surface area contributed by atoms with Gasteiger partial charge in [0.1, 0.15) is 12.4 Å². The lowest BCUT2D eigenvalue weighted by Gasteiger charge is -2.22. The maximum atomic E-state index is 11.9. The third-order valence-electron chi connectivity index (χ3n) is 4.21. The van der Waals surface area contributed by atoms with Crippen LogP contribution in [-0.4, -0.2) is 39.3 Å². The van der Waals surface area contributed by atoms with Crippen molar-refractivity contribution in [2.24, 2.45) is 5.92 Å². The van der Waals surface area contributed by atoms with Crippen molar-refractivity contribution in [3.05, 3.63) is 29.8 Å². The molecule has 23 heavy (non-hydrogen) atoms. The molecule has 1 amide bonds. The number of ether oxygens (including phenoxy) is 2. The van der Waals surface area contributed by atoms with Gasteiger partial charge in [-0.15, -0.1) is 0 Å². The predicted octanol–water partition coefficient (Wildman–Crippen LogP) is 2.11. The first-order valence-electron chi connectivity index (χ1n) is 8.46. The molecule has 1 fully saturated rings. The molecule has 128 valence electrons. The summed E-state index contributed by atoms with van der Waals surface area (Å²) in [5.41, 5.74) is 1.08. The monoisotopic (exact) mass is 320 g/mol. The summed E-state index contributed by atoms with van der Waals surface area (Å²) in [6.07, 6.45) is 4.01. The first kappa shape index (κ1) is 17.8. The number of benzene rings is 1. The van der Waals surface area contributed by atoms with Crippen molar-refractivity contribution in [2.75, 3.05) is 33.4 Å². The fourth-order valence-corrected chi connectivity index (χ4v) is 2.74. The third kappa shape index (κ3) is 7.01. The molecule has 0 spiro atoms. The molecule has 1 aromatic rings. The number of amides is 1. The van der Waals surface area contributed by atoms with Gasteiger partial charge in [0.05, 0.1) is 6.61 Å². The fourth-order valence-electron chi connectivity index (χ4n) is 2.74. The molecular weight excluding hydrogens is 292 g/mol. The molecule has 0 bridgehead atoms. The normalized spacial score (nSPS) is 15.3. The molecule has 1 heterocycles. The molecule has 5 nitrogen and oxygen atoms in total. The summed E-state index contributed by atoms with van der Waals surface area (Å²) in [5, 5.41) is 6.35. The summed E-state index contributed by atoms with van der Waals surface area (Å²) in [4.78, 5) is 11.9. The number of carbonyl (C=O) groups excluding carboxylic acids is 1. The largest absolute Gasteiger partial charge is 0.491 e. The highest BCUT2D eigenvalue weighted by Crippen LogP contribution is 2.17. The molecule has 2 N–H and O–H groups in total. The van der Waals surface area contributed by atoms with E-state index in [1.165, 1.54) is 12.8 Å². The average Bonchev–Trinajstić information content (AvgIpc) is 2.60. The summed E-state index contributed by atoms with van der Waals surface area (Å²) >= 11 is 0. The van der Waals surface area contributed by atoms with Gasteiger partial charge >= 0.3 is 0 Å². The highest BCUT2D eigenvalue weighted by Gasteiger charge is 2.14. The Kier molecular flexibility index (Phi) is 7.90. The van der Waals surface area contributed by atoms with Gasteiger partial charge < -0.3 is 20.1 Å². The van der Waals surface area contributed by atoms with Crippen LogP contribution in [0.4, 0.5) is 0 Å². The molecule has 0 saturated carbocycles. The van der Waals surface area contributed by atoms with E-state index in [1.807, 2.05) is 24.3 Å². The molecule has 0 radical (unpaired) electrons. The number of carbonyl (C=O) groups is 1. The maximum absolute atomic E-state index is 11.9. The van der Waals surface area contributed by atoms with Crippen LogP contribution < -0.4 is 15.4 Å². The Balaban J connectivity index is 1.63. The summed E-state index contributed by atoms with van der Waals surface area (Å²) < 4.78 is 10.5. The molecule has 1 saturated heterocycles. The highest BCUT2D eigenvalue weighted by atomic mass is 16.5. The van der Waals surface area contributed by atoms with Crippen LogP contribution in [0.25, 0.3) is 0 Å². The lowest BCUT2D eigenvalue weighted by atomic mass is 9.93. The van der Waals surface area contributed by atoms with Gasteiger partial charge in [0.25, 0.3) is 0 Å². The molecule has 1 aromatic carbocycles. The Morgan fingerprint density at radius 2 is 1.96 bits per heavy atom. The van der Waals surface area contributed by atoms with Crippen molar-refractivity contribution in [1.82, 2.24) is 10.6 Å². The van der Waals surface area contributed by atoms with E-state index >= 15 is 0 Å². The lowest BCUT2D eigenvalue weighted by Crippen LogP contribution is -2.29. The van der Waals surface area contributed by atoms with Gasteiger partial charge in [0.15, 0.2) is 0 Å². The van der Waals surface area contributed by atoms with Gasteiger partial charge in [-0.05, 0) is 56.0 Å². The third-order valence-corrected chi connectivity index (χ3v) is 4.21. The second-order valence-electron chi connectivity index (χ2n) is 5.99. The molecular formula is C18H28N2O3. The predicted molar refractivity (Wildman–Crippen MR) is 90.5 cm³/mol. The second kappa shape index (κ2) is 10.2. The van der Waals surface area contributed by atoms with Crippen molar-refractivity contribution in [2.45, 2.75) is 32.2 Å². The molecule has 1 aliphatic rings. The number of hydrogen-bond acceptors (Lipinski definition) is 4. The Morgan fingerprint density at radius 3 is 2.65 bits per heavy atom. The van der Waals surface area contributed by atoms with Gasteiger partial charge in [0.2, 0.25) is 5.91 Å². The van der Waals surface area contributed by atoms with E-state index in [9.17, 15) is 4.79 Å². The second-order valence-corrected chi connectivity index (χ2v) is 5.99. The van der Waals surface area contributed by atoms with Crippen molar-refractivity contribution in [3.63, 3.8) is 0 Å². The zero-order chi connectivity index (χ0) is 16.3. The van der Waals surface area contributed by atoms with Crippen molar-refractivity contribution in [3.8, 4) is 5.75 Å². The number of rotatable bonds is 9.